The fourth-order valence-electron chi connectivity index (χ4n) is 7.54. The number of aromatic nitrogens is 4. The number of benzene rings is 8. The average molecular weight is 693 g/mol. The topological polar surface area (TPSA) is 77.8 Å². The van der Waals surface area contributed by atoms with Crippen molar-refractivity contribution in [1.82, 2.24) is 19.9 Å². The molecule has 0 aliphatic carbocycles. The third-order valence-corrected chi connectivity index (χ3v) is 10.2. The molecule has 3 heterocycles. The van der Waals surface area contributed by atoms with Crippen molar-refractivity contribution in [3.05, 3.63) is 170 Å². The standard InChI is InChI=1S/C48H28N4O2/c1-2-12-31(13-3-1)48-49-40-26-24-30-15-10-19-38(43(30)44(40)54-48)35-16-6-7-18-39(35)47-51-45(33-22-21-29-11-4-5-14-32(29)27-33)50-46(52-47)34-23-25-37-36-17-8-9-20-41(36)53-42(37)28-34/h1-28H. The quantitative estimate of drug-likeness (QED) is 0.179. The minimum atomic E-state index is 0.559. The predicted octanol–water partition coefficient (Wildman–Crippen LogP) is 12.6. The summed E-state index contributed by atoms with van der Waals surface area (Å²) in [5.41, 5.74) is 8.69. The Balaban J connectivity index is 1.13. The molecule has 0 radical (unpaired) electrons. The van der Waals surface area contributed by atoms with E-state index in [1.54, 1.807) is 0 Å². The molecule has 0 amide bonds. The molecule has 0 aliphatic heterocycles. The van der Waals surface area contributed by atoms with Crippen molar-refractivity contribution in [3.63, 3.8) is 0 Å². The van der Waals surface area contributed by atoms with Gasteiger partial charge >= 0.3 is 0 Å². The van der Waals surface area contributed by atoms with Gasteiger partial charge in [-0.15, -0.1) is 0 Å². The summed E-state index contributed by atoms with van der Waals surface area (Å²) in [4.78, 5) is 20.4. The van der Waals surface area contributed by atoms with Gasteiger partial charge in [0.15, 0.2) is 23.1 Å². The number of rotatable bonds is 5. The summed E-state index contributed by atoms with van der Waals surface area (Å²) in [5, 5.41) is 6.43. The zero-order valence-corrected chi connectivity index (χ0v) is 28.8. The molecule has 0 atom stereocenters. The van der Waals surface area contributed by atoms with Crippen molar-refractivity contribution >= 4 is 54.6 Å². The molecular weight excluding hydrogens is 665 g/mol. The first-order chi connectivity index (χ1) is 26.7. The molecule has 0 N–H and O–H groups in total. The van der Waals surface area contributed by atoms with Crippen LogP contribution in [0.5, 0.6) is 0 Å². The number of hydrogen-bond acceptors (Lipinski definition) is 6. The molecule has 0 bridgehead atoms. The van der Waals surface area contributed by atoms with Crippen LogP contribution in [0.1, 0.15) is 0 Å². The molecule has 8 aromatic carbocycles. The Morgan fingerprint density at radius 1 is 0.352 bits per heavy atom. The van der Waals surface area contributed by atoms with Crippen molar-refractivity contribution < 1.29 is 8.83 Å². The Morgan fingerprint density at radius 2 is 1.00 bits per heavy atom. The van der Waals surface area contributed by atoms with Gasteiger partial charge in [0.1, 0.15) is 16.7 Å². The van der Waals surface area contributed by atoms with E-state index < -0.39 is 0 Å². The Hall–Kier alpha value is -7.44. The van der Waals surface area contributed by atoms with E-state index in [0.29, 0.717) is 23.4 Å². The maximum absolute atomic E-state index is 6.56. The number of furan rings is 1. The summed E-state index contributed by atoms with van der Waals surface area (Å²) in [6.45, 7) is 0. The lowest BCUT2D eigenvalue weighted by molar-refractivity contribution is 0.623. The van der Waals surface area contributed by atoms with Crippen LogP contribution in [-0.4, -0.2) is 19.9 Å². The van der Waals surface area contributed by atoms with Crippen LogP contribution in [0.25, 0.3) is 111 Å². The zero-order valence-electron chi connectivity index (χ0n) is 28.8. The SMILES string of the molecule is c1ccc(-c2nc3ccc4cccc(-c5ccccc5-c5nc(-c6ccc7ccccc7c6)nc(-c6ccc7c(c6)oc6ccccc67)n5)c4c3o2)cc1. The molecule has 0 aliphatic rings. The lowest BCUT2D eigenvalue weighted by Crippen LogP contribution is -2.01. The van der Waals surface area contributed by atoms with Gasteiger partial charge in [0.2, 0.25) is 5.89 Å². The summed E-state index contributed by atoms with van der Waals surface area (Å²) in [6.07, 6.45) is 0. The Kier molecular flexibility index (Phi) is 6.75. The largest absolute Gasteiger partial charge is 0.456 e. The van der Waals surface area contributed by atoms with Crippen molar-refractivity contribution in [1.29, 1.82) is 0 Å². The molecule has 6 heteroatoms. The van der Waals surface area contributed by atoms with E-state index in [-0.39, 0.29) is 0 Å². The van der Waals surface area contributed by atoms with Crippen LogP contribution in [0.15, 0.2) is 179 Å². The number of para-hydroxylation sites is 1. The molecule has 11 rings (SSSR count). The van der Waals surface area contributed by atoms with E-state index in [1.807, 2.05) is 72.8 Å². The van der Waals surface area contributed by atoms with Crippen molar-refractivity contribution in [2.45, 2.75) is 0 Å². The third-order valence-electron chi connectivity index (χ3n) is 10.2. The molecule has 54 heavy (non-hydrogen) atoms. The van der Waals surface area contributed by atoms with Crippen LogP contribution >= 0.6 is 0 Å². The van der Waals surface area contributed by atoms with Gasteiger partial charge in [-0.2, -0.15) is 0 Å². The Bertz CT molecular complexity index is 3240. The lowest BCUT2D eigenvalue weighted by atomic mass is 9.93. The van der Waals surface area contributed by atoms with Crippen molar-refractivity contribution in [2.24, 2.45) is 0 Å². The highest BCUT2D eigenvalue weighted by molar-refractivity contribution is 6.12. The average Bonchev–Trinajstić information content (AvgIpc) is 3.85. The second-order valence-corrected chi connectivity index (χ2v) is 13.4. The lowest BCUT2D eigenvalue weighted by Gasteiger charge is -2.14. The van der Waals surface area contributed by atoms with Gasteiger partial charge in [0.05, 0.1) is 0 Å². The molecular formula is C48H28N4O2. The van der Waals surface area contributed by atoms with Crippen molar-refractivity contribution in [3.8, 4) is 56.7 Å². The minimum absolute atomic E-state index is 0.559. The Morgan fingerprint density at radius 3 is 1.89 bits per heavy atom. The smallest absolute Gasteiger partial charge is 0.227 e. The van der Waals surface area contributed by atoms with Gasteiger partial charge in [0.25, 0.3) is 0 Å². The number of nitrogens with zero attached hydrogens (tertiary/aromatic N) is 4. The highest BCUT2D eigenvalue weighted by atomic mass is 16.3. The summed E-state index contributed by atoms with van der Waals surface area (Å²) < 4.78 is 12.9. The van der Waals surface area contributed by atoms with E-state index in [0.717, 1.165) is 88.0 Å². The fourth-order valence-corrected chi connectivity index (χ4v) is 7.54. The second kappa shape index (κ2) is 12.1. The van der Waals surface area contributed by atoms with Crippen LogP contribution in [0.3, 0.4) is 0 Å². The van der Waals surface area contributed by atoms with Crippen LogP contribution < -0.4 is 0 Å². The van der Waals surface area contributed by atoms with Gasteiger partial charge in [-0.3, -0.25) is 0 Å². The van der Waals surface area contributed by atoms with Crippen LogP contribution in [0, 0.1) is 0 Å². The highest BCUT2D eigenvalue weighted by Gasteiger charge is 2.20. The molecule has 0 spiro atoms. The van der Waals surface area contributed by atoms with E-state index in [1.165, 1.54) is 0 Å². The Labute approximate surface area is 309 Å². The first-order valence-electron chi connectivity index (χ1n) is 17.9. The zero-order chi connectivity index (χ0) is 35.6. The summed E-state index contributed by atoms with van der Waals surface area (Å²) >= 11 is 0. The monoisotopic (exact) mass is 692 g/mol. The first-order valence-corrected chi connectivity index (χ1v) is 17.9. The van der Waals surface area contributed by atoms with Crippen LogP contribution in [0.4, 0.5) is 0 Å². The normalized spacial score (nSPS) is 11.7. The van der Waals surface area contributed by atoms with Gasteiger partial charge < -0.3 is 8.83 Å². The number of hydrogen-bond donors (Lipinski definition) is 0. The summed E-state index contributed by atoms with van der Waals surface area (Å²) in [5.74, 6) is 2.30. The van der Waals surface area contributed by atoms with E-state index in [4.69, 9.17) is 28.8 Å². The van der Waals surface area contributed by atoms with Crippen LogP contribution in [-0.2, 0) is 0 Å². The predicted molar refractivity (Wildman–Crippen MR) is 217 cm³/mol. The summed E-state index contributed by atoms with van der Waals surface area (Å²) in [7, 11) is 0. The number of fused-ring (bicyclic) bond motifs is 7. The van der Waals surface area contributed by atoms with Crippen molar-refractivity contribution in [2.75, 3.05) is 0 Å². The molecule has 252 valence electrons. The fraction of sp³-hybridized carbons (Fsp3) is 0. The molecule has 6 nitrogen and oxygen atoms in total. The van der Waals surface area contributed by atoms with Gasteiger partial charge in [-0.1, -0.05) is 127 Å². The van der Waals surface area contributed by atoms with Gasteiger partial charge in [-0.25, -0.2) is 19.9 Å². The molecule has 0 fully saturated rings. The van der Waals surface area contributed by atoms with E-state index in [9.17, 15) is 0 Å². The molecule has 11 aromatic rings. The molecule has 0 saturated heterocycles. The van der Waals surface area contributed by atoms with E-state index >= 15 is 0 Å². The first kappa shape index (κ1) is 30.2. The minimum Gasteiger partial charge on any atom is -0.456 e. The maximum atomic E-state index is 6.56. The number of oxazole rings is 1. The van der Waals surface area contributed by atoms with E-state index in [2.05, 4.69) is 97.1 Å². The molecule has 0 unspecified atom stereocenters. The summed E-state index contributed by atoms with van der Waals surface area (Å²) in [6, 6.07) is 57.7. The third kappa shape index (κ3) is 4.96. The molecule has 0 saturated carbocycles. The maximum Gasteiger partial charge on any atom is 0.227 e. The van der Waals surface area contributed by atoms with Crippen LogP contribution in [0.2, 0.25) is 0 Å². The van der Waals surface area contributed by atoms with Gasteiger partial charge in [-0.05, 0) is 69.8 Å². The highest BCUT2D eigenvalue weighted by Crippen LogP contribution is 2.41. The van der Waals surface area contributed by atoms with Gasteiger partial charge in [0, 0.05) is 38.4 Å². The second-order valence-electron chi connectivity index (χ2n) is 13.4. The molecule has 3 aromatic heterocycles.